The predicted molar refractivity (Wildman–Crippen MR) is 87.6 cm³/mol. The number of carboxylic acid groups (broad SMARTS) is 1. The smallest absolute Gasteiger partial charge is 0.407 e. The van der Waals surface area contributed by atoms with Gasteiger partial charge in [0.15, 0.2) is 11.6 Å². The first-order valence-corrected chi connectivity index (χ1v) is 7.55. The predicted octanol–water partition coefficient (Wildman–Crippen LogP) is 3.64. The Bertz CT molecular complexity index is 842. The minimum Gasteiger partial charge on any atom is -0.465 e. The van der Waals surface area contributed by atoms with Gasteiger partial charge in [0, 0.05) is 30.5 Å². The lowest BCUT2D eigenvalue weighted by Gasteiger charge is -2.26. The van der Waals surface area contributed by atoms with Gasteiger partial charge in [0.05, 0.1) is 0 Å². The third-order valence-corrected chi connectivity index (χ3v) is 3.92. The molecule has 0 saturated carbocycles. The van der Waals surface area contributed by atoms with E-state index in [9.17, 15) is 18.4 Å². The van der Waals surface area contributed by atoms with E-state index in [-0.39, 0.29) is 5.69 Å². The second kappa shape index (κ2) is 6.76. The third-order valence-electron chi connectivity index (χ3n) is 3.92. The summed E-state index contributed by atoms with van der Waals surface area (Å²) in [5.41, 5.74) is 2.51. The van der Waals surface area contributed by atoms with Gasteiger partial charge in [-0.1, -0.05) is 6.07 Å². The van der Waals surface area contributed by atoms with Gasteiger partial charge >= 0.3 is 12.1 Å². The van der Waals surface area contributed by atoms with Crippen molar-refractivity contribution in [3.05, 3.63) is 59.2 Å². The van der Waals surface area contributed by atoms with Gasteiger partial charge in [-0.2, -0.15) is 0 Å². The number of rotatable bonds is 2. The first-order valence-electron chi connectivity index (χ1n) is 7.55. The average molecular weight is 347 g/mol. The van der Waals surface area contributed by atoms with E-state index in [0.29, 0.717) is 25.2 Å². The van der Waals surface area contributed by atoms with Crippen LogP contribution in [0.4, 0.5) is 29.7 Å². The summed E-state index contributed by atoms with van der Waals surface area (Å²) < 4.78 is 26.0. The molecule has 0 radical (unpaired) electrons. The van der Waals surface area contributed by atoms with Crippen LogP contribution in [-0.2, 0) is 13.0 Å². The Morgan fingerprint density at radius 1 is 0.960 bits per heavy atom. The molecule has 0 saturated heterocycles. The highest BCUT2D eigenvalue weighted by Gasteiger charge is 2.20. The van der Waals surface area contributed by atoms with E-state index in [4.69, 9.17) is 5.11 Å². The molecule has 0 bridgehead atoms. The minimum atomic E-state index is -1.05. The van der Waals surface area contributed by atoms with E-state index in [0.717, 1.165) is 23.3 Å². The van der Waals surface area contributed by atoms with Gasteiger partial charge < -0.3 is 20.6 Å². The number of carbonyl (C=O) groups is 2. The van der Waals surface area contributed by atoms with Crippen LogP contribution >= 0.6 is 0 Å². The van der Waals surface area contributed by atoms with E-state index in [2.05, 4.69) is 10.6 Å². The molecule has 3 rings (SSSR count). The van der Waals surface area contributed by atoms with Gasteiger partial charge in [-0.3, -0.25) is 0 Å². The number of carbonyl (C=O) groups excluding carboxylic acids is 1. The lowest BCUT2D eigenvalue weighted by Crippen LogP contribution is -2.34. The summed E-state index contributed by atoms with van der Waals surface area (Å²) in [6.45, 7) is 0.707. The zero-order valence-electron chi connectivity index (χ0n) is 13.1. The molecule has 0 unspecified atom stereocenters. The average Bonchev–Trinajstić information content (AvgIpc) is 2.57. The molecule has 2 aromatic rings. The molecule has 6 nitrogen and oxygen atoms in total. The van der Waals surface area contributed by atoms with Gasteiger partial charge in [0.2, 0.25) is 0 Å². The Morgan fingerprint density at radius 3 is 2.32 bits per heavy atom. The highest BCUT2D eigenvalue weighted by atomic mass is 19.2. The van der Waals surface area contributed by atoms with Crippen molar-refractivity contribution in [1.29, 1.82) is 0 Å². The minimum absolute atomic E-state index is 0.131. The molecule has 0 spiro atoms. The van der Waals surface area contributed by atoms with Crippen LogP contribution in [-0.4, -0.2) is 28.7 Å². The Labute approximate surface area is 142 Å². The lowest BCUT2D eigenvalue weighted by atomic mass is 9.99. The van der Waals surface area contributed by atoms with Crippen LogP contribution in [0.3, 0.4) is 0 Å². The number of halogens is 2. The third kappa shape index (κ3) is 3.85. The second-order valence-electron chi connectivity index (χ2n) is 5.65. The van der Waals surface area contributed by atoms with Crippen molar-refractivity contribution in [3.8, 4) is 0 Å². The summed E-state index contributed by atoms with van der Waals surface area (Å²) in [5, 5.41) is 14.1. The van der Waals surface area contributed by atoms with Crippen molar-refractivity contribution in [2.45, 2.75) is 13.0 Å². The number of benzene rings is 2. The van der Waals surface area contributed by atoms with Crippen molar-refractivity contribution >= 4 is 23.5 Å². The highest BCUT2D eigenvalue weighted by molar-refractivity contribution is 5.99. The largest absolute Gasteiger partial charge is 0.465 e. The molecule has 1 heterocycles. The molecule has 8 heteroatoms. The van der Waals surface area contributed by atoms with Crippen LogP contribution in [0, 0.1) is 11.6 Å². The quantitative estimate of drug-likeness (QED) is 0.776. The summed E-state index contributed by atoms with van der Waals surface area (Å²) >= 11 is 0. The van der Waals surface area contributed by atoms with Crippen LogP contribution in [0.15, 0.2) is 36.4 Å². The van der Waals surface area contributed by atoms with Crippen molar-refractivity contribution in [2.24, 2.45) is 0 Å². The molecule has 3 N–H and O–H groups in total. The fourth-order valence-corrected chi connectivity index (χ4v) is 2.66. The summed E-state index contributed by atoms with van der Waals surface area (Å²) in [7, 11) is 0. The van der Waals surface area contributed by atoms with E-state index < -0.39 is 23.8 Å². The fourth-order valence-electron chi connectivity index (χ4n) is 2.66. The van der Waals surface area contributed by atoms with Crippen molar-refractivity contribution in [2.75, 3.05) is 17.2 Å². The summed E-state index contributed by atoms with van der Waals surface area (Å²) in [5.74, 6) is -2.04. The molecule has 130 valence electrons. The van der Waals surface area contributed by atoms with Gasteiger partial charge in [-0.05, 0) is 41.8 Å². The molecule has 1 aliphatic rings. The van der Waals surface area contributed by atoms with Crippen LogP contribution in [0.25, 0.3) is 0 Å². The zero-order chi connectivity index (χ0) is 18.0. The van der Waals surface area contributed by atoms with Crippen molar-refractivity contribution in [3.63, 3.8) is 0 Å². The fraction of sp³-hybridized carbons (Fsp3) is 0.176. The number of amides is 3. The van der Waals surface area contributed by atoms with Crippen molar-refractivity contribution in [1.82, 2.24) is 4.90 Å². The van der Waals surface area contributed by atoms with Gasteiger partial charge in [0.25, 0.3) is 0 Å². The van der Waals surface area contributed by atoms with Gasteiger partial charge in [-0.25, -0.2) is 18.4 Å². The van der Waals surface area contributed by atoms with Crippen LogP contribution in [0.1, 0.15) is 11.1 Å². The molecule has 0 aromatic heterocycles. The van der Waals surface area contributed by atoms with E-state index in [1.807, 2.05) is 0 Å². The molecule has 1 aliphatic heterocycles. The van der Waals surface area contributed by atoms with Crippen LogP contribution < -0.4 is 10.6 Å². The molecular formula is C17H15F2N3O3. The second-order valence-corrected chi connectivity index (χ2v) is 5.65. The maximum absolute atomic E-state index is 13.1. The number of anilines is 2. The monoisotopic (exact) mass is 347 g/mol. The standard InChI is InChI=1S/C17H15F2N3O3/c18-14-4-3-13(8-15(14)19)21-16(23)20-12-2-1-11-9-22(17(24)25)6-5-10(11)7-12/h1-4,7-8H,5-6,9H2,(H,24,25)(H2,20,21,23). The number of fused-ring (bicyclic) bond motifs is 1. The Hall–Kier alpha value is -3.16. The molecule has 2 aromatic carbocycles. The van der Waals surface area contributed by atoms with Crippen LogP contribution in [0.5, 0.6) is 0 Å². The Kier molecular flexibility index (Phi) is 4.51. The SMILES string of the molecule is O=C(Nc1ccc(F)c(F)c1)Nc1ccc2c(c1)CCN(C(=O)O)C2. The van der Waals surface area contributed by atoms with Gasteiger partial charge in [0.1, 0.15) is 0 Å². The number of hydrogen-bond acceptors (Lipinski definition) is 2. The van der Waals surface area contributed by atoms with E-state index in [1.165, 1.54) is 11.0 Å². The molecule has 0 fully saturated rings. The molecular weight excluding hydrogens is 332 g/mol. The molecule has 25 heavy (non-hydrogen) atoms. The molecule has 0 aliphatic carbocycles. The normalized spacial score (nSPS) is 13.1. The maximum Gasteiger partial charge on any atom is 0.407 e. The maximum atomic E-state index is 13.1. The van der Waals surface area contributed by atoms with E-state index >= 15 is 0 Å². The summed E-state index contributed by atoms with van der Waals surface area (Å²) in [4.78, 5) is 24.3. The number of urea groups is 1. The van der Waals surface area contributed by atoms with Gasteiger partial charge in [-0.15, -0.1) is 0 Å². The first kappa shape index (κ1) is 16.7. The molecule has 0 atom stereocenters. The summed E-state index contributed by atoms with van der Waals surface area (Å²) in [6, 6.07) is 7.69. The lowest BCUT2D eigenvalue weighted by molar-refractivity contribution is 0.140. The Morgan fingerprint density at radius 2 is 1.64 bits per heavy atom. The Balaban J connectivity index is 1.66. The highest BCUT2D eigenvalue weighted by Crippen LogP contribution is 2.23. The topological polar surface area (TPSA) is 81.7 Å². The van der Waals surface area contributed by atoms with Crippen LogP contribution in [0.2, 0.25) is 0 Å². The van der Waals surface area contributed by atoms with Crippen molar-refractivity contribution < 1.29 is 23.5 Å². The first-order chi connectivity index (χ1) is 11.9. The number of nitrogens with zero attached hydrogens (tertiary/aromatic N) is 1. The molecule has 3 amide bonds. The summed E-state index contributed by atoms with van der Waals surface area (Å²) in [6.07, 6.45) is -0.402. The van der Waals surface area contributed by atoms with E-state index in [1.54, 1.807) is 18.2 Å². The number of hydrogen-bond donors (Lipinski definition) is 3. The zero-order valence-corrected chi connectivity index (χ0v) is 13.1. The number of nitrogens with one attached hydrogen (secondary N) is 2.